The maximum Gasteiger partial charge on any atom is 0.182 e. The molecule has 2 N–H and O–H groups in total. The summed E-state index contributed by atoms with van der Waals surface area (Å²) in [5.74, 6) is 1.18. The second-order valence-electron chi connectivity index (χ2n) is 5.81. The standard InChI is InChI=1S/C17H12N8S/c18-14-4-2-11(9-20-14)16-17-21-15(22-25(17)6-5-19-16)8-10-1-3-12-13(7-10)24-26-23-12/h1-7,9H,8H2,(H2,18,20). The first-order valence-corrected chi connectivity index (χ1v) is 8.63. The largest absolute Gasteiger partial charge is 0.384 e. The molecular formula is C17H12N8S. The minimum Gasteiger partial charge on any atom is -0.384 e. The van der Waals surface area contributed by atoms with E-state index in [9.17, 15) is 0 Å². The van der Waals surface area contributed by atoms with Crippen molar-refractivity contribution in [3.63, 3.8) is 0 Å². The van der Waals surface area contributed by atoms with Gasteiger partial charge in [-0.2, -0.15) is 13.8 Å². The molecule has 126 valence electrons. The fraction of sp³-hybridized carbons (Fsp3) is 0.0588. The number of anilines is 1. The van der Waals surface area contributed by atoms with Crippen LogP contribution < -0.4 is 5.73 Å². The van der Waals surface area contributed by atoms with Gasteiger partial charge in [-0.15, -0.1) is 0 Å². The smallest absolute Gasteiger partial charge is 0.182 e. The van der Waals surface area contributed by atoms with Gasteiger partial charge in [0.2, 0.25) is 0 Å². The fourth-order valence-corrected chi connectivity index (χ4v) is 3.32. The molecule has 0 radical (unpaired) electrons. The van der Waals surface area contributed by atoms with Crippen molar-refractivity contribution in [1.29, 1.82) is 0 Å². The summed E-state index contributed by atoms with van der Waals surface area (Å²) in [6.07, 6.45) is 5.78. The predicted molar refractivity (Wildman–Crippen MR) is 98.6 cm³/mol. The lowest BCUT2D eigenvalue weighted by atomic mass is 10.1. The van der Waals surface area contributed by atoms with Gasteiger partial charge in [0.1, 0.15) is 22.5 Å². The first-order chi connectivity index (χ1) is 12.8. The average molecular weight is 360 g/mol. The van der Waals surface area contributed by atoms with Crippen molar-refractivity contribution in [1.82, 2.24) is 33.3 Å². The Labute approximate surface area is 151 Å². The number of aromatic nitrogens is 7. The first kappa shape index (κ1) is 14.8. The molecule has 0 aliphatic carbocycles. The molecule has 0 atom stereocenters. The number of fused-ring (bicyclic) bond motifs is 2. The van der Waals surface area contributed by atoms with E-state index in [0.717, 1.165) is 27.9 Å². The molecule has 1 aromatic carbocycles. The Morgan fingerprint density at radius 3 is 2.85 bits per heavy atom. The summed E-state index contributed by atoms with van der Waals surface area (Å²) in [6, 6.07) is 9.64. The zero-order valence-electron chi connectivity index (χ0n) is 13.4. The molecule has 26 heavy (non-hydrogen) atoms. The van der Waals surface area contributed by atoms with Crippen molar-refractivity contribution in [3.8, 4) is 11.3 Å². The SMILES string of the molecule is Nc1ccc(-c2nccn3nc(Cc4ccc5nsnc5c4)nc23)cn1. The second-order valence-corrected chi connectivity index (χ2v) is 6.34. The Kier molecular flexibility index (Phi) is 3.32. The summed E-state index contributed by atoms with van der Waals surface area (Å²) in [4.78, 5) is 13.2. The van der Waals surface area contributed by atoms with E-state index in [1.807, 2.05) is 24.3 Å². The van der Waals surface area contributed by atoms with E-state index in [2.05, 4.69) is 28.8 Å². The molecule has 0 fully saturated rings. The minimum atomic E-state index is 0.467. The monoisotopic (exact) mass is 360 g/mol. The van der Waals surface area contributed by atoms with Gasteiger partial charge in [-0.1, -0.05) is 6.07 Å². The zero-order valence-corrected chi connectivity index (χ0v) is 14.3. The summed E-state index contributed by atoms with van der Waals surface area (Å²) in [6.45, 7) is 0. The third kappa shape index (κ3) is 2.54. The van der Waals surface area contributed by atoms with Crippen LogP contribution in [-0.4, -0.2) is 33.3 Å². The van der Waals surface area contributed by atoms with E-state index in [1.165, 1.54) is 11.7 Å². The van der Waals surface area contributed by atoms with Gasteiger partial charge in [-0.05, 0) is 29.8 Å². The number of rotatable bonds is 3. The van der Waals surface area contributed by atoms with Crippen molar-refractivity contribution in [2.75, 3.05) is 5.73 Å². The molecule has 0 bridgehead atoms. The summed E-state index contributed by atoms with van der Waals surface area (Å²) in [5.41, 5.74) is 10.8. The quantitative estimate of drug-likeness (QED) is 0.526. The molecule has 5 aromatic rings. The van der Waals surface area contributed by atoms with Crippen LogP contribution in [0.3, 0.4) is 0 Å². The van der Waals surface area contributed by atoms with Gasteiger partial charge in [0.05, 0.1) is 11.7 Å². The molecule has 0 aliphatic heterocycles. The molecule has 4 heterocycles. The third-order valence-electron chi connectivity index (χ3n) is 4.04. The first-order valence-electron chi connectivity index (χ1n) is 7.90. The number of pyridine rings is 1. The van der Waals surface area contributed by atoms with E-state index in [-0.39, 0.29) is 0 Å². The lowest BCUT2D eigenvalue weighted by molar-refractivity contribution is 0.894. The number of nitrogens with two attached hydrogens (primary N) is 1. The van der Waals surface area contributed by atoms with Crippen molar-refractivity contribution in [3.05, 3.63) is 60.3 Å². The zero-order chi connectivity index (χ0) is 17.5. The van der Waals surface area contributed by atoms with Crippen LogP contribution in [0.1, 0.15) is 11.4 Å². The van der Waals surface area contributed by atoms with E-state index < -0.39 is 0 Å². The normalized spacial score (nSPS) is 11.4. The van der Waals surface area contributed by atoms with Crippen LogP contribution in [0.4, 0.5) is 5.82 Å². The Balaban J connectivity index is 1.55. The topological polar surface area (TPSA) is 108 Å². The molecule has 4 aromatic heterocycles. The van der Waals surface area contributed by atoms with Gasteiger partial charge in [0.25, 0.3) is 0 Å². The number of nitrogen functional groups attached to an aromatic ring is 1. The molecule has 9 heteroatoms. The molecule has 0 unspecified atom stereocenters. The maximum absolute atomic E-state index is 5.67. The Morgan fingerprint density at radius 1 is 1.04 bits per heavy atom. The highest BCUT2D eigenvalue weighted by Crippen LogP contribution is 2.22. The van der Waals surface area contributed by atoms with Crippen LogP contribution in [0.2, 0.25) is 0 Å². The van der Waals surface area contributed by atoms with Gasteiger partial charge in [-0.3, -0.25) is 4.98 Å². The Hall–Kier alpha value is -3.46. The molecule has 0 saturated heterocycles. The average Bonchev–Trinajstić information content (AvgIpc) is 3.28. The lowest BCUT2D eigenvalue weighted by Gasteiger charge is -2.01. The molecule has 0 spiro atoms. The van der Waals surface area contributed by atoms with E-state index >= 15 is 0 Å². The maximum atomic E-state index is 5.67. The van der Waals surface area contributed by atoms with E-state index in [0.29, 0.717) is 23.7 Å². The van der Waals surface area contributed by atoms with Gasteiger partial charge in [0.15, 0.2) is 11.5 Å². The van der Waals surface area contributed by atoms with Gasteiger partial charge in [0, 0.05) is 30.6 Å². The van der Waals surface area contributed by atoms with Crippen LogP contribution in [-0.2, 0) is 6.42 Å². The number of hydrogen-bond acceptors (Lipinski definition) is 8. The second kappa shape index (κ2) is 5.81. The number of benzene rings is 1. The summed E-state index contributed by atoms with van der Waals surface area (Å²) < 4.78 is 10.2. The number of nitrogens with zero attached hydrogens (tertiary/aromatic N) is 7. The fourth-order valence-electron chi connectivity index (χ4n) is 2.81. The Bertz CT molecular complexity index is 1220. The summed E-state index contributed by atoms with van der Waals surface area (Å²) in [7, 11) is 0. The van der Waals surface area contributed by atoms with Crippen molar-refractivity contribution < 1.29 is 0 Å². The predicted octanol–water partition coefficient (Wildman–Crippen LogP) is 2.36. The minimum absolute atomic E-state index is 0.467. The van der Waals surface area contributed by atoms with Crippen molar-refractivity contribution in [2.24, 2.45) is 0 Å². The van der Waals surface area contributed by atoms with Gasteiger partial charge in [-0.25, -0.2) is 14.5 Å². The third-order valence-corrected chi connectivity index (χ3v) is 4.60. The molecule has 0 saturated carbocycles. The van der Waals surface area contributed by atoms with Crippen LogP contribution >= 0.6 is 11.7 Å². The highest BCUT2D eigenvalue weighted by atomic mass is 32.1. The van der Waals surface area contributed by atoms with Crippen LogP contribution in [0.25, 0.3) is 27.9 Å². The van der Waals surface area contributed by atoms with E-state index in [4.69, 9.17) is 5.73 Å². The molecule has 0 amide bonds. The van der Waals surface area contributed by atoms with Gasteiger partial charge >= 0.3 is 0 Å². The molecule has 8 nitrogen and oxygen atoms in total. The number of hydrogen-bond donors (Lipinski definition) is 1. The highest BCUT2D eigenvalue weighted by Gasteiger charge is 2.12. The summed E-state index contributed by atoms with van der Waals surface area (Å²) >= 11 is 1.21. The van der Waals surface area contributed by atoms with Crippen molar-refractivity contribution >= 4 is 34.2 Å². The van der Waals surface area contributed by atoms with Crippen LogP contribution in [0, 0.1) is 0 Å². The molecular weight excluding hydrogens is 348 g/mol. The molecule has 0 aliphatic rings. The Morgan fingerprint density at radius 2 is 1.96 bits per heavy atom. The van der Waals surface area contributed by atoms with Crippen LogP contribution in [0.5, 0.6) is 0 Å². The summed E-state index contributed by atoms with van der Waals surface area (Å²) in [5, 5.41) is 4.57. The highest BCUT2D eigenvalue weighted by molar-refractivity contribution is 7.00. The van der Waals surface area contributed by atoms with Gasteiger partial charge < -0.3 is 5.73 Å². The lowest BCUT2D eigenvalue weighted by Crippen LogP contribution is -1.95. The van der Waals surface area contributed by atoms with E-state index in [1.54, 1.807) is 29.2 Å². The van der Waals surface area contributed by atoms with Crippen LogP contribution in [0.15, 0.2) is 48.9 Å². The molecule has 5 rings (SSSR count). The van der Waals surface area contributed by atoms with Crippen molar-refractivity contribution in [2.45, 2.75) is 6.42 Å².